The Balaban J connectivity index is 1.50. The van der Waals surface area contributed by atoms with Crippen molar-refractivity contribution in [3.8, 4) is 0 Å². The molecule has 20 heavy (non-hydrogen) atoms. The van der Waals surface area contributed by atoms with Gasteiger partial charge in [0.1, 0.15) is 0 Å². The van der Waals surface area contributed by atoms with Crippen molar-refractivity contribution in [3.63, 3.8) is 0 Å². The zero-order chi connectivity index (χ0) is 14.1. The Bertz CT molecular complexity index is 584. The van der Waals surface area contributed by atoms with E-state index in [0.717, 1.165) is 31.1 Å². The van der Waals surface area contributed by atoms with Crippen LogP contribution in [0.25, 0.3) is 0 Å². The van der Waals surface area contributed by atoms with Crippen LogP contribution < -0.4 is 4.90 Å². The van der Waals surface area contributed by atoms with E-state index in [9.17, 15) is 0 Å². The van der Waals surface area contributed by atoms with E-state index in [-0.39, 0.29) is 0 Å². The summed E-state index contributed by atoms with van der Waals surface area (Å²) >= 11 is 0. The lowest BCUT2D eigenvalue weighted by Gasteiger charge is -2.13. The maximum absolute atomic E-state index is 5.68. The molecule has 2 heterocycles. The standard InChI is InChI=1S/C14H21N5O/c1-10-9-11(2)19(17-10)8-4-7-18(3)14-16-15-13(20-14)12-5-6-12/h9,12H,4-8H2,1-3H3. The molecule has 0 N–H and O–H groups in total. The highest BCUT2D eigenvalue weighted by atomic mass is 16.4. The normalized spacial score (nSPS) is 14.8. The molecule has 0 atom stereocenters. The molecule has 1 aliphatic carbocycles. The molecule has 0 saturated heterocycles. The van der Waals surface area contributed by atoms with Crippen LogP contribution in [0.4, 0.5) is 6.01 Å². The Kier molecular flexibility index (Phi) is 3.46. The van der Waals surface area contributed by atoms with Crippen LogP contribution in [-0.4, -0.2) is 33.6 Å². The highest BCUT2D eigenvalue weighted by Gasteiger charge is 2.29. The molecule has 108 valence electrons. The van der Waals surface area contributed by atoms with Crippen molar-refractivity contribution in [2.75, 3.05) is 18.5 Å². The van der Waals surface area contributed by atoms with Gasteiger partial charge < -0.3 is 9.32 Å². The van der Waals surface area contributed by atoms with Crippen molar-refractivity contribution in [2.24, 2.45) is 0 Å². The van der Waals surface area contributed by atoms with Crippen molar-refractivity contribution in [1.29, 1.82) is 0 Å². The summed E-state index contributed by atoms with van der Waals surface area (Å²) in [5, 5.41) is 12.7. The van der Waals surface area contributed by atoms with E-state index in [1.165, 1.54) is 18.5 Å². The maximum Gasteiger partial charge on any atom is 0.317 e. The average molecular weight is 275 g/mol. The summed E-state index contributed by atoms with van der Waals surface area (Å²) in [5.74, 6) is 1.31. The van der Waals surface area contributed by atoms with Crippen molar-refractivity contribution in [2.45, 2.75) is 45.6 Å². The maximum atomic E-state index is 5.68. The lowest BCUT2D eigenvalue weighted by Crippen LogP contribution is -2.20. The third-order valence-corrected chi connectivity index (χ3v) is 3.65. The molecular weight excluding hydrogens is 254 g/mol. The molecule has 3 rings (SSSR count). The van der Waals surface area contributed by atoms with E-state index >= 15 is 0 Å². The second-order valence-electron chi connectivity index (χ2n) is 5.62. The van der Waals surface area contributed by atoms with Gasteiger partial charge in [0.25, 0.3) is 0 Å². The molecule has 6 nitrogen and oxygen atoms in total. The van der Waals surface area contributed by atoms with E-state index in [1.807, 2.05) is 23.6 Å². The number of aryl methyl sites for hydroxylation is 3. The van der Waals surface area contributed by atoms with E-state index in [4.69, 9.17) is 4.42 Å². The van der Waals surface area contributed by atoms with Crippen molar-refractivity contribution < 1.29 is 4.42 Å². The Labute approximate surface area is 118 Å². The van der Waals surface area contributed by atoms with Crippen molar-refractivity contribution in [1.82, 2.24) is 20.0 Å². The largest absolute Gasteiger partial charge is 0.408 e. The van der Waals surface area contributed by atoms with Gasteiger partial charge in [0.05, 0.1) is 5.69 Å². The number of hydrogen-bond acceptors (Lipinski definition) is 5. The molecule has 1 aliphatic rings. The summed E-state index contributed by atoms with van der Waals surface area (Å²) in [6, 6.07) is 2.73. The van der Waals surface area contributed by atoms with Gasteiger partial charge in [-0.2, -0.15) is 5.10 Å². The fourth-order valence-electron chi connectivity index (χ4n) is 2.33. The van der Waals surface area contributed by atoms with Gasteiger partial charge in [-0.3, -0.25) is 4.68 Å². The SMILES string of the molecule is Cc1cc(C)n(CCCN(C)c2nnc(C3CC3)o2)n1. The fourth-order valence-corrected chi connectivity index (χ4v) is 2.33. The van der Waals surface area contributed by atoms with Gasteiger partial charge in [0.2, 0.25) is 5.89 Å². The molecule has 2 aromatic heterocycles. The molecule has 2 aromatic rings. The zero-order valence-corrected chi connectivity index (χ0v) is 12.3. The van der Waals surface area contributed by atoms with E-state index in [1.54, 1.807) is 0 Å². The first-order valence-corrected chi connectivity index (χ1v) is 7.19. The Morgan fingerprint density at radius 2 is 2.15 bits per heavy atom. The monoisotopic (exact) mass is 275 g/mol. The van der Waals surface area contributed by atoms with Crippen LogP contribution in [0.1, 0.15) is 42.5 Å². The first-order valence-electron chi connectivity index (χ1n) is 7.19. The molecule has 0 radical (unpaired) electrons. The lowest BCUT2D eigenvalue weighted by molar-refractivity contribution is 0.483. The molecule has 6 heteroatoms. The number of hydrogen-bond donors (Lipinski definition) is 0. The van der Waals surface area contributed by atoms with Gasteiger partial charge in [-0.1, -0.05) is 5.10 Å². The Hall–Kier alpha value is -1.85. The van der Waals surface area contributed by atoms with Gasteiger partial charge in [-0.15, -0.1) is 5.10 Å². The molecule has 0 aliphatic heterocycles. The quantitative estimate of drug-likeness (QED) is 0.809. The van der Waals surface area contributed by atoms with Crippen LogP contribution in [0, 0.1) is 13.8 Å². The summed E-state index contributed by atoms with van der Waals surface area (Å²) in [4.78, 5) is 2.02. The minimum Gasteiger partial charge on any atom is -0.408 e. The number of rotatable bonds is 6. The van der Waals surface area contributed by atoms with Crippen LogP contribution in [-0.2, 0) is 6.54 Å². The minimum absolute atomic E-state index is 0.513. The van der Waals surface area contributed by atoms with E-state index < -0.39 is 0 Å². The van der Waals surface area contributed by atoms with Gasteiger partial charge in [-0.05, 0) is 39.2 Å². The molecule has 0 bridgehead atoms. The minimum atomic E-state index is 0.513. The van der Waals surface area contributed by atoms with Gasteiger partial charge in [0.15, 0.2) is 0 Å². The van der Waals surface area contributed by atoms with Crippen LogP contribution in [0.3, 0.4) is 0 Å². The highest BCUT2D eigenvalue weighted by Crippen LogP contribution is 2.39. The van der Waals surface area contributed by atoms with Crippen molar-refractivity contribution >= 4 is 6.01 Å². The smallest absolute Gasteiger partial charge is 0.317 e. The predicted molar refractivity (Wildman–Crippen MR) is 75.9 cm³/mol. The number of nitrogens with zero attached hydrogens (tertiary/aromatic N) is 5. The molecule has 0 unspecified atom stereocenters. The zero-order valence-electron chi connectivity index (χ0n) is 12.3. The van der Waals surface area contributed by atoms with Crippen LogP contribution in [0.15, 0.2) is 10.5 Å². The van der Waals surface area contributed by atoms with Crippen LogP contribution >= 0.6 is 0 Å². The van der Waals surface area contributed by atoms with Gasteiger partial charge in [0, 0.05) is 31.7 Å². The lowest BCUT2D eigenvalue weighted by atomic mass is 10.3. The van der Waals surface area contributed by atoms with E-state index in [0.29, 0.717) is 11.9 Å². The summed E-state index contributed by atoms with van der Waals surface area (Å²) in [5.41, 5.74) is 2.28. The topological polar surface area (TPSA) is 60.0 Å². The predicted octanol–water partition coefficient (Wildman–Crippen LogP) is 2.29. The number of anilines is 1. The van der Waals surface area contributed by atoms with Crippen LogP contribution in [0.5, 0.6) is 0 Å². The summed E-state index contributed by atoms with van der Waals surface area (Å²) in [6.45, 7) is 5.90. The second-order valence-corrected chi connectivity index (χ2v) is 5.62. The summed E-state index contributed by atoms with van der Waals surface area (Å²) < 4.78 is 7.73. The van der Waals surface area contributed by atoms with Crippen LogP contribution in [0.2, 0.25) is 0 Å². The number of aromatic nitrogens is 4. The first kappa shape index (κ1) is 13.1. The fraction of sp³-hybridized carbons (Fsp3) is 0.643. The highest BCUT2D eigenvalue weighted by molar-refractivity contribution is 5.22. The van der Waals surface area contributed by atoms with Gasteiger partial charge >= 0.3 is 6.01 Å². The molecule has 0 spiro atoms. The third kappa shape index (κ3) is 2.84. The third-order valence-electron chi connectivity index (χ3n) is 3.65. The summed E-state index contributed by atoms with van der Waals surface area (Å²) in [7, 11) is 1.99. The molecule has 0 aromatic carbocycles. The van der Waals surface area contributed by atoms with E-state index in [2.05, 4.69) is 28.3 Å². The Morgan fingerprint density at radius 1 is 1.35 bits per heavy atom. The first-order chi connectivity index (χ1) is 9.63. The Morgan fingerprint density at radius 3 is 2.80 bits per heavy atom. The second kappa shape index (κ2) is 5.26. The molecular formula is C14H21N5O. The molecule has 1 saturated carbocycles. The average Bonchev–Trinajstić information content (AvgIpc) is 3.05. The molecule has 1 fully saturated rings. The van der Waals surface area contributed by atoms with Crippen molar-refractivity contribution in [3.05, 3.63) is 23.3 Å². The summed E-state index contributed by atoms with van der Waals surface area (Å²) in [6.07, 6.45) is 3.37. The molecule has 0 amide bonds. The van der Waals surface area contributed by atoms with Gasteiger partial charge in [-0.25, -0.2) is 0 Å².